The molecule has 2 N–H and O–H groups in total. The van der Waals surface area contributed by atoms with E-state index in [4.69, 9.17) is 0 Å². The number of benzene rings is 1. The molecule has 2 unspecified atom stereocenters. The van der Waals surface area contributed by atoms with Gasteiger partial charge in [-0.2, -0.15) is 0 Å². The summed E-state index contributed by atoms with van der Waals surface area (Å²) in [5.41, 5.74) is 1.76. The minimum Gasteiger partial charge on any atom is -0.760 e. The summed E-state index contributed by atoms with van der Waals surface area (Å²) in [5.74, 6) is -0.300. The summed E-state index contributed by atoms with van der Waals surface area (Å²) >= 11 is 0.606. The van der Waals surface area contributed by atoms with E-state index in [9.17, 15) is 13.6 Å². The molecule has 30 heavy (non-hydrogen) atoms. The first-order valence-electron chi connectivity index (χ1n) is 8.98. The molecule has 1 amide bonds. The zero-order valence-corrected chi connectivity index (χ0v) is 18.3. The van der Waals surface area contributed by atoms with Crippen LogP contribution in [0.1, 0.15) is 37.5 Å². The van der Waals surface area contributed by atoms with Crippen LogP contribution in [0.25, 0.3) is 10.1 Å². The van der Waals surface area contributed by atoms with Crippen molar-refractivity contribution in [2.24, 2.45) is 0 Å². The van der Waals surface area contributed by atoms with Crippen LogP contribution < -0.4 is 10.0 Å². The second-order valence-electron chi connectivity index (χ2n) is 6.48. The lowest BCUT2D eigenvalue weighted by atomic mass is 10.0. The summed E-state index contributed by atoms with van der Waals surface area (Å²) in [6.45, 7) is 2.29. The molecule has 1 aromatic carbocycles. The van der Waals surface area contributed by atoms with Crippen molar-refractivity contribution in [1.29, 1.82) is 0 Å². The molecule has 4 rings (SSSR count). The van der Waals surface area contributed by atoms with Crippen LogP contribution in [-0.4, -0.2) is 24.6 Å². The zero-order chi connectivity index (χ0) is 21.1. The van der Waals surface area contributed by atoms with E-state index >= 15 is 0 Å². The van der Waals surface area contributed by atoms with E-state index in [2.05, 4.69) is 20.0 Å². The van der Waals surface area contributed by atoms with Crippen LogP contribution in [0.3, 0.4) is 0 Å². The fraction of sp³-hybridized carbons (Fsp3) is 0.150. The first-order valence-corrected chi connectivity index (χ1v) is 11.8. The first kappa shape index (κ1) is 20.8. The van der Waals surface area contributed by atoms with Gasteiger partial charge in [-0.15, -0.1) is 22.7 Å². The summed E-state index contributed by atoms with van der Waals surface area (Å²) in [6.07, 6.45) is 3.27. The average Bonchev–Trinajstić information content (AvgIpc) is 3.36. The third kappa shape index (κ3) is 4.63. The second-order valence-corrected chi connectivity index (χ2v) is 9.41. The maximum atomic E-state index is 12.4. The summed E-state index contributed by atoms with van der Waals surface area (Å²) in [7, 11) is 0. The Morgan fingerprint density at radius 3 is 2.73 bits per heavy atom. The Hall–Kier alpha value is -2.50. The standard InChI is InChI=1S/C20H18N4O3S3/c1-12-21-9-14(29-12)10-23-20(25)17-7-6-13(8-22-17)19(24-30(26)27)16-11-28-18-5-3-2-4-15(16)18/h2-9,11,19,24H,10H2,1H3,(H,23,25)(H,26,27)/p-1. The van der Waals surface area contributed by atoms with Crippen molar-refractivity contribution in [3.63, 3.8) is 0 Å². The molecule has 0 radical (unpaired) electrons. The SMILES string of the molecule is Cc1ncc(CNC(=O)c2ccc(C(NS(=O)[O-])c3csc4ccccc34)cn2)s1. The van der Waals surface area contributed by atoms with E-state index in [1.54, 1.807) is 29.7 Å². The predicted octanol–water partition coefficient (Wildman–Crippen LogP) is 3.46. The number of rotatable bonds is 7. The van der Waals surface area contributed by atoms with Gasteiger partial charge in [0.15, 0.2) is 0 Å². The monoisotopic (exact) mass is 457 g/mol. The van der Waals surface area contributed by atoms with Gasteiger partial charge in [0.1, 0.15) is 5.69 Å². The van der Waals surface area contributed by atoms with Crippen molar-refractivity contribution < 1.29 is 13.6 Å². The Kier molecular flexibility index (Phi) is 6.30. The van der Waals surface area contributed by atoms with Crippen LogP contribution in [-0.2, 0) is 17.8 Å². The average molecular weight is 458 g/mol. The number of thiazole rings is 1. The number of aromatic nitrogens is 2. The van der Waals surface area contributed by atoms with Gasteiger partial charge in [-0.1, -0.05) is 24.3 Å². The minimum atomic E-state index is -2.47. The molecule has 0 saturated carbocycles. The smallest absolute Gasteiger partial charge is 0.270 e. The van der Waals surface area contributed by atoms with E-state index < -0.39 is 17.3 Å². The van der Waals surface area contributed by atoms with E-state index in [0.29, 0.717) is 12.1 Å². The number of hydrogen-bond acceptors (Lipinski definition) is 7. The Labute approximate surface area is 183 Å². The molecule has 3 heterocycles. The highest BCUT2D eigenvalue weighted by Gasteiger charge is 2.19. The van der Waals surface area contributed by atoms with E-state index in [1.165, 1.54) is 17.5 Å². The molecule has 3 aromatic heterocycles. The number of amides is 1. The van der Waals surface area contributed by atoms with Crippen molar-refractivity contribution in [3.05, 3.63) is 80.9 Å². The lowest BCUT2D eigenvalue weighted by Crippen LogP contribution is -2.25. The normalized spacial score (nSPS) is 13.3. The van der Waals surface area contributed by atoms with Crippen LogP contribution in [0.5, 0.6) is 0 Å². The van der Waals surface area contributed by atoms with Crippen molar-refractivity contribution in [2.75, 3.05) is 0 Å². The summed E-state index contributed by atoms with van der Waals surface area (Å²) in [4.78, 5) is 21.8. The number of hydrogen-bond donors (Lipinski definition) is 2. The summed E-state index contributed by atoms with van der Waals surface area (Å²) < 4.78 is 26.5. The van der Waals surface area contributed by atoms with Crippen LogP contribution in [0.2, 0.25) is 0 Å². The number of aryl methyl sites for hydroxylation is 1. The largest absolute Gasteiger partial charge is 0.760 e. The quantitative estimate of drug-likeness (QED) is 0.413. The molecule has 0 saturated heterocycles. The number of fused-ring (bicyclic) bond motifs is 1. The molecule has 10 heteroatoms. The zero-order valence-electron chi connectivity index (χ0n) is 15.8. The number of carbonyl (C=O) groups is 1. The van der Waals surface area contributed by atoms with Crippen molar-refractivity contribution in [3.8, 4) is 0 Å². The molecule has 0 aliphatic heterocycles. The summed E-state index contributed by atoms with van der Waals surface area (Å²) in [5, 5.41) is 6.68. The van der Waals surface area contributed by atoms with Crippen LogP contribution >= 0.6 is 22.7 Å². The third-order valence-corrected chi connectivity index (χ3v) is 6.80. The van der Waals surface area contributed by atoms with Crippen LogP contribution in [0.4, 0.5) is 0 Å². The van der Waals surface area contributed by atoms with E-state index in [0.717, 1.165) is 25.5 Å². The molecular weight excluding hydrogens is 440 g/mol. The predicted molar refractivity (Wildman–Crippen MR) is 118 cm³/mol. The van der Waals surface area contributed by atoms with Gasteiger partial charge in [0.05, 0.1) is 17.6 Å². The van der Waals surface area contributed by atoms with E-state index in [1.807, 2.05) is 36.6 Å². The Morgan fingerprint density at radius 2 is 2.03 bits per heavy atom. The number of carbonyl (C=O) groups excluding carboxylic acids is 1. The van der Waals surface area contributed by atoms with Gasteiger partial charge < -0.3 is 9.87 Å². The maximum Gasteiger partial charge on any atom is 0.270 e. The molecular formula is C20H17N4O3S3-. The molecule has 154 valence electrons. The molecule has 7 nitrogen and oxygen atoms in total. The molecule has 0 aliphatic carbocycles. The third-order valence-electron chi connectivity index (χ3n) is 4.48. The summed E-state index contributed by atoms with van der Waals surface area (Å²) in [6, 6.07) is 10.5. The van der Waals surface area contributed by atoms with Gasteiger partial charge >= 0.3 is 0 Å². The molecule has 0 spiro atoms. The molecule has 0 fully saturated rings. The highest BCUT2D eigenvalue weighted by atomic mass is 32.2. The number of thiophene rings is 1. The van der Waals surface area contributed by atoms with Crippen molar-refractivity contribution in [2.45, 2.75) is 19.5 Å². The highest BCUT2D eigenvalue weighted by molar-refractivity contribution is 7.77. The lowest BCUT2D eigenvalue weighted by Gasteiger charge is -2.20. The van der Waals surface area contributed by atoms with Gasteiger partial charge in [-0.3, -0.25) is 14.0 Å². The van der Waals surface area contributed by atoms with Crippen molar-refractivity contribution in [1.82, 2.24) is 20.0 Å². The Bertz CT molecular complexity index is 1200. The van der Waals surface area contributed by atoms with Gasteiger partial charge in [0.2, 0.25) is 0 Å². The second kappa shape index (κ2) is 9.11. The number of nitrogens with zero attached hydrogens (tertiary/aromatic N) is 2. The fourth-order valence-corrected chi connectivity index (χ4v) is 5.26. The fourth-order valence-electron chi connectivity index (χ4n) is 3.08. The van der Waals surface area contributed by atoms with Gasteiger partial charge in [-0.25, -0.2) is 9.71 Å². The number of pyridine rings is 1. The minimum absolute atomic E-state index is 0.261. The van der Waals surface area contributed by atoms with Crippen LogP contribution in [0, 0.1) is 6.92 Å². The van der Waals surface area contributed by atoms with Gasteiger partial charge in [0, 0.05) is 33.2 Å². The molecule has 0 aliphatic rings. The number of nitrogens with one attached hydrogen (secondary N) is 2. The first-order chi connectivity index (χ1) is 14.5. The van der Waals surface area contributed by atoms with E-state index in [-0.39, 0.29) is 11.6 Å². The maximum absolute atomic E-state index is 12.4. The van der Waals surface area contributed by atoms with Crippen molar-refractivity contribution >= 4 is 49.9 Å². The molecule has 2 atom stereocenters. The van der Waals surface area contributed by atoms with Gasteiger partial charge in [0.25, 0.3) is 5.91 Å². The highest BCUT2D eigenvalue weighted by Crippen LogP contribution is 2.33. The lowest BCUT2D eigenvalue weighted by molar-refractivity contribution is 0.0946. The Morgan fingerprint density at radius 1 is 1.20 bits per heavy atom. The van der Waals surface area contributed by atoms with Crippen LogP contribution in [0.15, 0.2) is 54.2 Å². The van der Waals surface area contributed by atoms with Gasteiger partial charge in [-0.05, 0) is 40.9 Å². The molecule has 0 bridgehead atoms. The Balaban J connectivity index is 1.55. The molecule has 4 aromatic rings. The topological polar surface area (TPSA) is 107 Å².